The maximum Gasteiger partial charge on any atom is 0.0713 e. The van der Waals surface area contributed by atoms with E-state index in [0.29, 0.717) is 11.8 Å². The molecule has 4 aliphatic carbocycles. The second kappa shape index (κ2) is 10.3. The zero-order chi connectivity index (χ0) is 29.8. The smallest absolute Gasteiger partial charge is 0.0622 e. The average molecular weight is 573 g/mol. The first kappa shape index (κ1) is 26.0. The van der Waals surface area contributed by atoms with E-state index in [1.807, 2.05) is 0 Å². The van der Waals surface area contributed by atoms with Crippen LogP contribution < -0.4 is 0 Å². The van der Waals surface area contributed by atoms with E-state index in [2.05, 4.69) is 182 Å². The quantitative estimate of drug-likeness (QED) is 0.193. The van der Waals surface area contributed by atoms with Crippen molar-refractivity contribution in [2.75, 3.05) is 0 Å². The van der Waals surface area contributed by atoms with Crippen LogP contribution in [0, 0.1) is 0 Å². The first-order chi connectivity index (χ1) is 22.4. The number of hydrogen-bond acceptors (Lipinski definition) is 0. The van der Waals surface area contributed by atoms with Gasteiger partial charge >= 0.3 is 0 Å². The lowest BCUT2D eigenvalue weighted by Crippen LogP contribution is -2.28. The summed E-state index contributed by atoms with van der Waals surface area (Å²) in [7, 11) is 0. The molecule has 0 atom stereocenters. The third-order valence-electron chi connectivity index (χ3n) is 10.2. The van der Waals surface area contributed by atoms with Crippen molar-refractivity contribution in [3.05, 3.63) is 238 Å². The number of benzene rings is 7. The Labute approximate surface area is 265 Å². The fourth-order valence-electron chi connectivity index (χ4n) is 8.52. The Hall–Kier alpha value is -5.46. The zero-order valence-electron chi connectivity index (χ0n) is 25.0. The molecular formula is C45H32. The molecule has 0 saturated heterocycles. The zero-order valence-corrected chi connectivity index (χ0v) is 25.0. The number of fused-ring (bicyclic) bond motifs is 3. The van der Waals surface area contributed by atoms with Crippen LogP contribution in [0.1, 0.15) is 67.5 Å². The van der Waals surface area contributed by atoms with Crippen molar-refractivity contribution in [3.8, 4) is 11.1 Å². The minimum absolute atomic E-state index is 0.254. The summed E-state index contributed by atoms with van der Waals surface area (Å²) in [4.78, 5) is 0. The van der Waals surface area contributed by atoms with Crippen LogP contribution in [0.15, 0.2) is 182 Å². The largest absolute Gasteiger partial charge is 0.0713 e. The summed E-state index contributed by atoms with van der Waals surface area (Å²) < 4.78 is 0. The number of rotatable bonds is 2. The summed E-state index contributed by atoms with van der Waals surface area (Å²) >= 11 is 0. The predicted octanol–water partition coefficient (Wildman–Crippen LogP) is 10.7. The highest BCUT2D eigenvalue weighted by Crippen LogP contribution is 2.56. The molecule has 7 aromatic carbocycles. The highest BCUT2D eigenvalue weighted by atomic mass is 14.5. The van der Waals surface area contributed by atoms with Gasteiger partial charge in [0.1, 0.15) is 0 Å². The van der Waals surface area contributed by atoms with E-state index in [1.165, 1.54) is 66.8 Å². The molecule has 0 amide bonds. The van der Waals surface area contributed by atoms with Crippen LogP contribution in [0.2, 0.25) is 0 Å². The maximum atomic E-state index is 2.30. The van der Waals surface area contributed by atoms with Gasteiger partial charge < -0.3 is 0 Å². The van der Waals surface area contributed by atoms with Crippen molar-refractivity contribution in [1.82, 2.24) is 0 Å². The molecule has 4 aliphatic rings. The topological polar surface area (TPSA) is 0 Å². The monoisotopic (exact) mass is 572 g/mol. The Kier molecular flexibility index (Phi) is 5.96. The Morgan fingerprint density at radius 2 is 0.533 bits per heavy atom. The van der Waals surface area contributed by atoms with E-state index >= 15 is 0 Å². The van der Waals surface area contributed by atoms with Crippen LogP contribution >= 0.6 is 0 Å². The summed E-state index contributed by atoms with van der Waals surface area (Å²) in [5, 5.41) is 0. The van der Waals surface area contributed by atoms with Crippen molar-refractivity contribution in [2.24, 2.45) is 0 Å². The fourth-order valence-corrected chi connectivity index (χ4v) is 8.52. The highest BCUT2D eigenvalue weighted by molar-refractivity contribution is 5.86. The normalized spacial score (nSPS) is 17.1. The summed E-state index contributed by atoms with van der Waals surface area (Å²) in [6.45, 7) is 0. The molecule has 0 heteroatoms. The first-order valence-electron chi connectivity index (χ1n) is 15.9. The third kappa shape index (κ3) is 3.72. The Balaban J connectivity index is 0.000000128. The molecule has 0 fully saturated rings. The van der Waals surface area contributed by atoms with Crippen molar-refractivity contribution in [1.29, 1.82) is 0 Å². The molecule has 0 heterocycles. The van der Waals surface area contributed by atoms with Gasteiger partial charge in [0.05, 0.1) is 5.41 Å². The van der Waals surface area contributed by atoms with Gasteiger partial charge in [-0.25, -0.2) is 0 Å². The lowest BCUT2D eigenvalue weighted by Gasteiger charge is -2.42. The second-order valence-electron chi connectivity index (χ2n) is 12.3. The van der Waals surface area contributed by atoms with Gasteiger partial charge in [0.2, 0.25) is 0 Å². The van der Waals surface area contributed by atoms with Gasteiger partial charge in [0.15, 0.2) is 0 Å². The minimum Gasteiger partial charge on any atom is -0.0622 e. The fraction of sp³-hybridized carbons (Fsp3) is 0.0667. The van der Waals surface area contributed by atoms with Gasteiger partial charge in [-0.15, -0.1) is 0 Å². The van der Waals surface area contributed by atoms with Crippen LogP contribution in [0.3, 0.4) is 0 Å². The van der Waals surface area contributed by atoms with Crippen molar-refractivity contribution in [3.63, 3.8) is 0 Å². The molecule has 0 aromatic heterocycles. The van der Waals surface area contributed by atoms with Gasteiger partial charge in [0, 0.05) is 11.8 Å². The molecule has 0 nitrogen and oxygen atoms in total. The van der Waals surface area contributed by atoms with Gasteiger partial charge in [-0.3, -0.25) is 0 Å². The molecule has 0 radical (unpaired) electrons. The maximum absolute atomic E-state index is 2.30. The molecule has 11 rings (SSSR count). The van der Waals surface area contributed by atoms with Crippen LogP contribution in [-0.2, 0) is 5.41 Å². The lowest BCUT2D eigenvalue weighted by atomic mass is 9.61. The SMILES string of the molecule is c1ccc(C2(c3ccccc3)c3ccccc3-c3ccccc32)cc1.c1ccc2c(c1)C1c3ccccc3C2c2ccccc21. The molecule has 0 spiro atoms. The van der Waals surface area contributed by atoms with Gasteiger partial charge in [-0.2, -0.15) is 0 Å². The van der Waals surface area contributed by atoms with E-state index in [0.717, 1.165) is 0 Å². The van der Waals surface area contributed by atoms with E-state index in [-0.39, 0.29) is 5.41 Å². The van der Waals surface area contributed by atoms with E-state index in [9.17, 15) is 0 Å². The number of hydrogen-bond donors (Lipinski definition) is 0. The molecule has 0 aliphatic heterocycles. The molecular weight excluding hydrogens is 540 g/mol. The van der Waals surface area contributed by atoms with Crippen LogP contribution in [0.5, 0.6) is 0 Å². The summed E-state index contributed by atoms with van der Waals surface area (Å²) in [6.07, 6.45) is 0. The molecule has 7 aromatic rings. The Morgan fingerprint density at radius 1 is 0.267 bits per heavy atom. The van der Waals surface area contributed by atoms with Gasteiger partial charge in [-0.05, 0) is 66.8 Å². The first-order valence-corrected chi connectivity index (χ1v) is 15.9. The summed E-state index contributed by atoms with van der Waals surface area (Å²) in [6, 6.07) is 66.3. The van der Waals surface area contributed by atoms with Crippen LogP contribution in [0.25, 0.3) is 11.1 Å². The molecule has 0 N–H and O–H groups in total. The van der Waals surface area contributed by atoms with Crippen LogP contribution in [0.4, 0.5) is 0 Å². The molecule has 2 bridgehead atoms. The molecule has 45 heavy (non-hydrogen) atoms. The van der Waals surface area contributed by atoms with Crippen LogP contribution in [-0.4, -0.2) is 0 Å². The standard InChI is InChI=1S/C25H18.C20H14/c1-3-11-19(12-4-1)25(20-13-5-2-6-14-20)23-17-9-7-15-21(23)22-16-8-10-18-24(22)25;1-2-8-14-13(7-1)19-15-9-3-5-11-17(15)20(14)18-12-6-4-10-16(18)19/h1-18H;1-12,19-20H. The molecule has 212 valence electrons. The lowest BCUT2D eigenvalue weighted by molar-refractivity contribution is 0.754. The van der Waals surface area contributed by atoms with E-state index < -0.39 is 0 Å². The van der Waals surface area contributed by atoms with Crippen molar-refractivity contribution in [2.45, 2.75) is 17.3 Å². The van der Waals surface area contributed by atoms with Crippen molar-refractivity contribution >= 4 is 0 Å². The second-order valence-corrected chi connectivity index (χ2v) is 12.3. The third-order valence-corrected chi connectivity index (χ3v) is 10.2. The molecule has 0 unspecified atom stereocenters. The average Bonchev–Trinajstić information content (AvgIpc) is 3.44. The Bertz CT molecular complexity index is 1900. The van der Waals surface area contributed by atoms with E-state index in [1.54, 1.807) is 0 Å². The summed E-state index contributed by atoms with van der Waals surface area (Å²) in [5.41, 5.74) is 16.8. The van der Waals surface area contributed by atoms with Crippen molar-refractivity contribution < 1.29 is 0 Å². The highest BCUT2D eigenvalue weighted by Gasteiger charge is 2.45. The minimum atomic E-state index is -0.254. The predicted molar refractivity (Wildman–Crippen MR) is 185 cm³/mol. The van der Waals surface area contributed by atoms with Gasteiger partial charge in [0.25, 0.3) is 0 Å². The molecule has 0 saturated carbocycles. The van der Waals surface area contributed by atoms with Gasteiger partial charge in [-0.1, -0.05) is 182 Å². The summed E-state index contributed by atoms with van der Waals surface area (Å²) in [5.74, 6) is 0.840. The Morgan fingerprint density at radius 3 is 0.867 bits per heavy atom. The van der Waals surface area contributed by atoms with E-state index in [4.69, 9.17) is 0 Å².